The molecule has 0 radical (unpaired) electrons. The Labute approximate surface area is 183 Å². The summed E-state index contributed by atoms with van der Waals surface area (Å²) in [5, 5.41) is 18.7. The first-order chi connectivity index (χ1) is 15.0. The van der Waals surface area contributed by atoms with Crippen molar-refractivity contribution in [3.05, 3.63) is 41.8 Å². The number of aromatic amines is 1. The first kappa shape index (κ1) is 20.9. The number of halogens is 1. The van der Waals surface area contributed by atoms with Crippen LogP contribution in [0.3, 0.4) is 0 Å². The third-order valence-electron chi connectivity index (χ3n) is 5.32. The molecule has 0 aromatic carbocycles. The molecule has 9 nitrogen and oxygen atoms in total. The van der Waals surface area contributed by atoms with E-state index in [1.807, 2.05) is 30.5 Å². The molecule has 2 amide bonds. The number of H-pyrrole nitrogens is 1. The number of aliphatic carboxylic acids is 1. The minimum atomic E-state index is -1.08. The Morgan fingerprint density at radius 3 is 2.94 bits per heavy atom. The number of hydrogen-bond donors (Lipinski definition) is 5. The number of aromatic nitrogens is 3. The monoisotopic (exact) mass is 442 g/mol. The number of pyridine rings is 2. The molecule has 1 saturated carbocycles. The van der Waals surface area contributed by atoms with Gasteiger partial charge in [0.1, 0.15) is 23.2 Å². The summed E-state index contributed by atoms with van der Waals surface area (Å²) < 4.78 is 0. The summed E-state index contributed by atoms with van der Waals surface area (Å²) in [6.07, 6.45) is 7.07. The van der Waals surface area contributed by atoms with Gasteiger partial charge in [-0.2, -0.15) is 0 Å². The molecule has 5 N–H and O–H groups in total. The Bertz CT molecular complexity index is 1100. The van der Waals surface area contributed by atoms with E-state index in [2.05, 4.69) is 30.9 Å². The zero-order chi connectivity index (χ0) is 21.8. The molecule has 2 atom stereocenters. The van der Waals surface area contributed by atoms with Crippen LogP contribution in [0.5, 0.6) is 0 Å². The van der Waals surface area contributed by atoms with Gasteiger partial charge >= 0.3 is 12.0 Å². The molecule has 4 rings (SSSR count). The number of fused-ring (bicyclic) bond motifs is 1. The van der Waals surface area contributed by atoms with E-state index < -0.39 is 18.5 Å². The highest BCUT2D eigenvalue weighted by Gasteiger charge is 2.24. The average Bonchev–Trinajstić information content (AvgIpc) is 3.16. The highest BCUT2D eigenvalue weighted by atomic mass is 35.5. The lowest BCUT2D eigenvalue weighted by Crippen LogP contribution is -2.47. The van der Waals surface area contributed by atoms with Crippen LogP contribution in [0.15, 0.2) is 36.7 Å². The third kappa shape index (κ3) is 5.24. The third-order valence-corrected chi connectivity index (χ3v) is 5.51. The maximum atomic E-state index is 11.9. The van der Waals surface area contributed by atoms with Gasteiger partial charge in [-0.3, -0.25) is 4.79 Å². The topological polar surface area (TPSA) is 132 Å². The molecule has 3 aromatic heterocycles. The van der Waals surface area contributed by atoms with E-state index in [9.17, 15) is 9.59 Å². The maximum absolute atomic E-state index is 11.9. The summed E-state index contributed by atoms with van der Waals surface area (Å²) in [6, 6.07) is 7.27. The lowest BCUT2D eigenvalue weighted by Gasteiger charge is -2.30. The van der Waals surface area contributed by atoms with Crippen molar-refractivity contribution < 1.29 is 14.7 Å². The number of nitrogens with zero attached hydrogens (tertiary/aromatic N) is 2. The van der Waals surface area contributed by atoms with Crippen LogP contribution >= 0.6 is 11.6 Å². The van der Waals surface area contributed by atoms with Crippen molar-refractivity contribution in [1.82, 2.24) is 25.6 Å². The van der Waals surface area contributed by atoms with Gasteiger partial charge in [0, 0.05) is 35.4 Å². The average molecular weight is 443 g/mol. The molecule has 3 heterocycles. The second kappa shape index (κ2) is 9.22. The Hall–Kier alpha value is -3.33. The van der Waals surface area contributed by atoms with E-state index in [0.717, 1.165) is 41.4 Å². The van der Waals surface area contributed by atoms with E-state index in [4.69, 9.17) is 16.7 Å². The minimum absolute atomic E-state index is 0.0432. The quantitative estimate of drug-likeness (QED) is 0.372. The number of amides is 2. The summed E-state index contributed by atoms with van der Waals surface area (Å²) in [7, 11) is 0. The van der Waals surface area contributed by atoms with Crippen molar-refractivity contribution in [3.8, 4) is 11.1 Å². The number of anilines is 1. The van der Waals surface area contributed by atoms with Gasteiger partial charge in [-0.25, -0.2) is 14.8 Å². The maximum Gasteiger partial charge on any atom is 0.323 e. The number of carbonyl (C=O) groups is 2. The van der Waals surface area contributed by atoms with Crippen LogP contribution in [0, 0.1) is 0 Å². The Morgan fingerprint density at radius 2 is 2.10 bits per heavy atom. The van der Waals surface area contributed by atoms with Gasteiger partial charge in [0.15, 0.2) is 0 Å². The molecule has 0 bridgehead atoms. The molecule has 0 aliphatic heterocycles. The zero-order valence-electron chi connectivity index (χ0n) is 16.7. The van der Waals surface area contributed by atoms with Crippen molar-refractivity contribution in [2.75, 3.05) is 11.9 Å². The molecule has 3 aromatic rings. The Balaban J connectivity index is 1.44. The highest BCUT2D eigenvalue weighted by Crippen LogP contribution is 2.31. The molecular weight excluding hydrogens is 420 g/mol. The lowest BCUT2D eigenvalue weighted by atomic mass is 9.91. The molecule has 0 saturated heterocycles. The molecule has 10 heteroatoms. The fraction of sp³-hybridized carbons (Fsp3) is 0.333. The van der Waals surface area contributed by atoms with Crippen LogP contribution in [-0.2, 0) is 4.79 Å². The van der Waals surface area contributed by atoms with E-state index in [-0.39, 0.29) is 12.1 Å². The predicted octanol–water partition coefficient (Wildman–Crippen LogP) is 3.39. The second-order valence-corrected chi connectivity index (χ2v) is 7.98. The number of carboxylic acid groups (broad SMARTS) is 1. The fourth-order valence-electron chi connectivity index (χ4n) is 3.97. The number of nitrogens with one attached hydrogen (secondary N) is 4. The van der Waals surface area contributed by atoms with Crippen molar-refractivity contribution in [2.45, 2.75) is 37.8 Å². The lowest BCUT2D eigenvalue weighted by molar-refractivity contribution is -0.135. The number of hydrogen-bond acceptors (Lipinski definition) is 5. The zero-order valence-corrected chi connectivity index (χ0v) is 17.4. The van der Waals surface area contributed by atoms with Gasteiger partial charge in [0.25, 0.3) is 0 Å². The number of carbonyl (C=O) groups excluding carboxylic acids is 1. The van der Waals surface area contributed by atoms with Crippen LogP contribution in [0.25, 0.3) is 22.2 Å². The first-order valence-corrected chi connectivity index (χ1v) is 10.5. The van der Waals surface area contributed by atoms with Crippen LogP contribution in [0.4, 0.5) is 10.6 Å². The number of rotatable bonds is 6. The number of carboxylic acids is 1. The summed E-state index contributed by atoms with van der Waals surface area (Å²) in [5.41, 5.74) is 2.73. The second-order valence-electron chi connectivity index (χ2n) is 7.59. The van der Waals surface area contributed by atoms with Gasteiger partial charge in [0.05, 0.1) is 0 Å². The van der Waals surface area contributed by atoms with Crippen molar-refractivity contribution in [1.29, 1.82) is 0 Å². The normalized spacial score (nSPS) is 18.5. The van der Waals surface area contributed by atoms with E-state index in [1.54, 1.807) is 6.20 Å². The smallest absolute Gasteiger partial charge is 0.323 e. The van der Waals surface area contributed by atoms with Crippen molar-refractivity contribution in [2.24, 2.45) is 0 Å². The molecule has 1 fully saturated rings. The SMILES string of the molecule is O=C(O)CNC(=O)NC1CCCC(Nc2cc(-c3c[nH]c4ncccc34)cc(Cl)n2)C1. The van der Waals surface area contributed by atoms with E-state index >= 15 is 0 Å². The fourth-order valence-corrected chi connectivity index (χ4v) is 4.18. The van der Waals surface area contributed by atoms with Crippen molar-refractivity contribution >= 4 is 40.5 Å². The molecule has 1 aliphatic rings. The minimum Gasteiger partial charge on any atom is -0.480 e. The summed E-state index contributed by atoms with van der Waals surface area (Å²) in [6.45, 7) is -0.404. The largest absolute Gasteiger partial charge is 0.480 e. The molecule has 2 unspecified atom stereocenters. The Kier molecular flexibility index (Phi) is 6.22. The summed E-state index contributed by atoms with van der Waals surface area (Å²) in [4.78, 5) is 34.4. The highest BCUT2D eigenvalue weighted by molar-refractivity contribution is 6.29. The number of urea groups is 1. The van der Waals surface area contributed by atoms with Crippen molar-refractivity contribution in [3.63, 3.8) is 0 Å². The Morgan fingerprint density at radius 1 is 1.26 bits per heavy atom. The predicted molar refractivity (Wildman–Crippen MR) is 118 cm³/mol. The van der Waals surface area contributed by atoms with E-state index in [1.165, 1.54) is 0 Å². The van der Waals surface area contributed by atoms with Crippen LogP contribution < -0.4 is 16.0 Å². The van der Waals surface area contributed by atoms with Gasteiger partial charge in [-0.15, -0.1) is 0 Å². The molecule has 0 spiro atoms. The molecule has 162 valence electrons. The van der Waals surface area contributed by atoms with Gasteiger partial charge in [0.2, 0.25) is 0 Å². The summed E-state index contributed by atoms with van der Waals surface area (Å²) in [5.74, 6) is -0.408. The van der Waals surface area contributed by atoms with Gasteiger partial charge in [-0.05, 0) is 55.5 Å². The molecule has 1 aliphatic carbocycles. The summed E-state index contributed by atoms with van der Waals surface area (Å²) >= 11 is 6.30. The van der Waals surface area contributed by atoms with Gasteiger partial charge in [-0.1, -0.05) is 11.6 Å². The van der Waals surface area contributed by atoms with Crippen LogP contribution in [0.2, 0.25) is 5.15 Å². The van der Waals surface area contributed by atoms with E-state index in [0.29, 0.717) is 17.4 Å². The van der Waals surface area contributed by atoms with Crippen LogP contribution in [-0.4, -0.2) is 50.7 Å². The van der Waals surface area contributed by atoms with Crippen LogP contribution in [0.1, 0.15) is 25.7 Å². The first-order valence-electron chi connectivity index (χ1n) is 10.1. The standard InChI is InChI=1S/C21H23ClN6O3/c22-17-7-12(16-10-24-20-15(16)5-2-6-23-20)8-18(28-17)26-13-3-1-4-14(9-13)27-21(31)25-11-19(29)30/h2,5-8,10,13-14H,1,3-4,9,11H2,(H,23,24)(H,26,28)(H,29,30)(H2,25,27,31). The molecular formula is C21H23ClN6O3. The molecule has 31 heavy (non-hydrogen) atoms. The van der Waals surface area contributed by atoms with Gasteiger partial charge < -0.3 is 26.0 Å².